The van der Waals surface area contributed by atoms with Crippen LogP contribution in [0.4, 0.5) is 4.79 Å². The summed E-state index contributed by atoms with van der Waals surface area (Å²) < 4.78 is 0. The molecule has 1 atom stereocenters. The van der Waals surface area contributed by atoms with Gasteiger partial charge in [0, 0.05) is 58.3 Å². The van der Waals surface area contributed by atoms with Crippen molar-refractivity contribution in [3.63, 3.8) is 0 Å². The minimum absolute atomic E-state index is 0.0750. The van der Waals surface area contributed by atoms with E-state index in [1.54, 1.807) is 11.8 Å². The van der Waals surface area contributed by atoms with E-state index in [2.05, 4.69) is 15.5 Å². The molecule has 0 spiro atoms. The van der Waals surface area contributed by atoms with Crippen molar-refractivity contribution in [1.29, 1.82) is 0 Å². The van der Waals surface area contributed by atoms with E-state index in [-0.39, 0.29) is 17.9 Å². The summed E-state index contributed by atoms with van der Waals surface area (Å²) >= 11 is 0. The molecule has 2 fully saturated rings. The molecule has 2 saturated heterocycles. The molecule has 0 radical (unpaired) electrons. The fraction of sp³-hybridized carbons (Fsp3) is 0.846. The van der Waals surface area contributed by atoms with Crippen molar-refractivity contribution in [2.75, 3.05) is 52.4 Å². The van der Waals surface area contributed by atoms with E-state index >= 15 is 0 Å². The number of nitrogens with zero attached hydrogens (tertiary/aromatic N) is 2. The van der Waals surface area contributed by atoms with Crippen LogP contribution in [0.15, 0.2) is 0 Å². The third-order valence-electron chi connectivity index (χ3n) is 4.21. The average molecular weight is 284 g/mol. The van der Waals surface area contributed by atoms with Crippen LogP contribution in [0, 0.1) is 11.8 Å². The maximum absolute atomic E-state index is 11.8. The van der Waals surface area contributed by atoms with Crippen LogP contribution in [0.5, 0.6) is 0 Å². The normalized spacial score (nSPS) is 22.1. The number of amides is 2. The molecule has 20 heavy (non-hydrogen) atoms. The van der Waals surface area contributed by atoms with Crippen molar-refractivity contribution in [2.24, 2.45) is 11.8 Å². The molecule has 7 nitrogen and oxygen atoms in total. The van der Waals surface area contributed by atoms with Crippen LogP contribution >= 0.6 is 0 Å². The van der Waals surface area contributed by atoms with Crippen molar-refractivity contribution in [3.05, 3.63) is 0 Å². The topological polar surface area (TPSA) is 84.9 Å². The Hall–Kier alpha value is -1.34. The van der Waals surface area contributed by atoms with Crippen LogP contribution in [0.3, 0.4) is 0 Å². The molecule has 7 heteroatoms. The third kappa shape index (κ3) is 3.83. The summed E-state index contributed by atoms with van der Waals surface area (Å²) in [5.74, 6) is -1.07. The number of nitrogens with one attached hydrogen (secondary N) is 2. The van der Waals surface area contributed by atoms with Gasteiger partial charge < -0.3 is 20.6 Å². The molecule has 2 amide bonds. The standard InChI is InChI=1S/C13H24N4O3/c1-10(12(18)19)11-8-17(9-11)13(20)15-4-7-16-5-2-14-3-6-16/h10-11,14H,2-9H2,1H3,(H,15,20)(H,18,19). The van der Waals surface area contributed by atoms with Crippen molar-refractivity contribution >= 4 is 12.0 Å². The fourth-order valence-electron chi connectivity index (χ4n) is 2.56. The van der Waals surface area contributed by atoms with E-state index in [0.717, 1.165) is 32.7 Å². The van der Waals surface area contributed by atoms with E-state index in [1.807, 2.05) is 0 Å². The molecule has 0 bridgehead atoms. The Kier molecular flexibility index (Phi) is 5.19. The van der Waals surface area contributed by atoms with Gasteiger partial charge in [-0.2, -0.15) is 0 Å². The number of aliphatic carboxylic acids is 1. The average Bonchev–Trinajstić information content (AvgIpc) is 2.38. The van der Waals surface area contributed by atoms with E-state index < -0.39 is 5.97 Å². The van der Waals surface area contributed by atoms with Gasteiger partial charge in [-0.05, 0) is 0 Å². The second-order valence-electron chi connectivity index (χ2n) is 5.62. The van der Waals surface area contributed by atoms with Crippen molar-refractivity contribution in [1.82, 2.24) is 20.4 Å². The zero-order valence-corrected chi connectivity index (χ0v) is 12.0. The van der Waals surface area contributed by atoms with Crippen molar-refractivity contribution in [2.45, 2.75) is 6.92 Å². The number of rotatable bonds is 5. The fourth-order valence-corrected chi connectivity index (χ4v) is 2.56. The molecule has 0 aliphatic carbocycles. The molecule has 2 heterocycles. The lowest BCUT2D eigenvalue weighted by Gasteiger charge is -2.41. The minimum Gasteiger partial charge on any atom is -0.481 e. The number of carbonyl (C=O) groups excluding carboxylic acids is 1. The minimum atomic E-state index is -0.784. The van der Waals surface area contributed by atoms with Crippen LogP contribution in [-0.2, 0) is 4.79 Å². The number of carboxylic acid groups (broad SMARTS) is 1. The first kappa shape index (κ1) is 15.1. The van der Waals surface area contributed by atoms with E-state index in [0.29, 0.717) is 19.6 Å². The number of piperazine rings is 1. The molecule has 1 unspecified atom stereocenters. The van der Waals surface area contributed by atoms with Gasteiger partial charge in [-0.1, -0.05) is 6.92 Å². The summed E-state index contributed by atoms with van der Waals surface area (Å²) in [4.78, 5) is 26.7. The highest BCUT2D eigenvalue weighted by molar-refractivity contribution is 5.76. The molecule has 2 rings (SSSR count). The van der Waals surface area contributed by atoms with Gasteiger partial charge in [-0.3, -0.25) is 9.69 Å². The Balaban J connectivity index is 1.58. The van der Waals surface area contributed by atoms with Gasteiger partial charge in [0.05, 0.1) is 5.92 Å². The molecule has 3 N–H and O–H groups in total. The second kappa shape index (κ2) is 6.90. The molecule has 0 saturated carbocycles. The summed E-state index contributed by atoms with van der Waals surface area (Å²) in [6.07, 6.45) is 0. The van der Waals surface area contributed by atoms with Crippen molar-refractivity contribution < 1.29 is 14.7 Å². The third-order valence-corrected chi connectivity index (χ3v) is 4.21. The first-order valence-corrected chi connectivity index (χ1v) is 7.26. The maximum atomic E-state index is 11.8. The van der Waals surface area contributed by atoms with Gasteiger partial charge in [-0.25, -0.2) is 4.79 Å². The summed E-state index contributed by atoms with van der Waals surface area (Å²) in [7, 11) is 0. The Morgan fingerprint density at radius 2 is 2.00 bits per heavy atom. The molecular formula is C13H24N4O3. The summed E-state index contributed by atoms with van der Waals surface area (Å²) in [5.41, 5.74) is 0. The molecular weight excluding hydrogens is 260 g/mol. The monoisotopic (exact) mass is 284 g/mol. The smallest absolute Gasteiger partial charge is 0.317 e. The second-order valence-corrected chi connectivity index (χ2v) is 5.62. The van der Waals surface area contributed by atoms with Crippen LogP contribution in [0.1, 0.15) is 6.92 Å². The Morgan fingerprint density at radius 1 is 1.35 bits per heavy atom. The number of urea groups is 1. The quantitative estimate of drug-likeness (QED) is 0.619. The van der Waals surface area contributed by atoms with Crippen LogP contribution in [-0.4, -0.2) is 79.3 Å². The molecule has 0 aromatic carbocycles. The molecule has 0 aromatic rings. The lowest BCUT2D eigenvalue weighted by Crippen LogP contribution is -2.57. The largest absolute Gasteiger partial charge is 0.481 e. The van der Waals surface area contributed by atoms with E-state index in [9.17, 15) is 9.59 Å². The number of carbonyl (C=O) groups is 2. The SMILES string of the molecule is CC(C(=O)O)C1CN(C(=O)NCCN2CCNCC2)C1. The zero-order valence-electron chi connectivity index (χ0n) is 12.0. The molecule has 2 aliphatic rings. The highest BCUT2D eigenvalue weighted by Crippen LogP contribution is 2.23. The Labute approximate surface area is 119 Å². The number of hydrogen-bond acceptors (Lipinski definition) is 4. The van der Waals surface area contributed by atoms with E-state index in [4.69, 9.17) is 5.11 Å². The predicted molar refractivity (Wildman–Crippen MR) is 74.6 cm³/mol. The highest BCUT2D eigenvalue weighted by Gasteiger charge is 2.37. The Bertz CT molecular complexity index is 352. The van der Waals surface area contributed by atoms with Gasteiger partial charge in [0.25, 0.3) is 0 Å². The molecule has 114 valence electrons. The summed E-state index contributed by atoms with van der Waals surface area (Å²) in [6, 6.07) is -0.0750. The van der Waals surface area contributed by atoms with Gasteiger partial charge in [-0.15, -0.1) is 0 Å². The van der Waals surface area contributed by atoms with Crippen LogP contribution < -0.4 is 10.6 Å². The van der Waals surface area contributed by atoms with Crippen molar-refractivity contribution in [3.8, 4) is 0 Å². The molecule has 2 aliphatic heterocycles. The lowest BCUT2D eigenvalue weighted by atomic mass is 9.87. The van der Waals surface area contributed by atoms with Gasteiger partial charge in [0.1, 0.15) is 0 Å². The number of carboxylic acids is 1. The Morgan fingerprint density at radius 3 is 2.60 bits per heavy atom. The van der Waals surface area contributed by atoms with Gasteiger partial charge >= 0.3 is 12.0 Å². The van der Waals surface area contributed by atoms with Crippen LogP contribution in [0.2, 0.25) is 0 Å². The highest BCUT2D eigenvalue weighted by atomic mass is 16.4. The summed E-state index contributed by atoms with van der Waals surface area (Å²) in [6.45, 7) is 8.39. The first-order chi connectivity index (χ1) is 9.58. The van der Waals surface area contributed by atoms with Crippen LogP contribution in [0.25, 0.3) is 0 Å². The zero-order chi connectivity index (χ0) is 14.5. The van der Waals surface area contributed by atoms with E-state index in [1.165, 1.54) is 0 Å². The number of likely N-dealkylation sites (tertiary alicyclic amines) is 1. The number of hydrogen-bond donors (Lipinski definition) is 3. The van der Waals surface area contributed by atoms with Gasteiger partial charge in [0.2, 0.25) is 0 Å². The molecule has 0 aromatic heterocycles. The maximum Gasteiger partial charge on any atom is 0.317 e. The lowest BCUT2D eigenvalue weighted by molar-refractivity contribution is -0.144. The first-order valence-electron chi connectivity index (χ1n) is 7.26. The summed E-state index contributed by atoms with van der Waals surface area (Å²) in [5, 5.41) is 15.1. The van der Waals surface area contributed by atoms with Gasteiger partial charge in [0.15, 0.2) is 0 Å². The predicted octanol–water partition coefficient (Wildman–Crippen LogP) is -0.746.